The van der Waals surface area contributed by atoms with Crippen LogP contribution in [0.25, 0.3) is 10.1 Å². The van der Waals surface area contributed by atoms with Crippen molar-refractivity contribution in [3.63, 3.8) is 0 Å². The van der Waals surface area contributed by atoms with Crippen LogP contribution in [0.5, 0.6) is 0 Å². The van der Waals surface area contributed by atoms with E-state index >= 15 is 0 Å². The summed E-state index contributed by atoms with van der Waals surface area (Å²) in [4.78, 5) is 23.9. The maximum absolute atomic E-state index is 12.3. The highest BCUT2D eigenvalue weighted by atomic mass is 35.5. The van der Waals surface area contributed by atoms with Crippen LogP contribution in [-0.2, 0) is 16.0 Å². The lowest BCUT2D eigenvalue weighted by molar-refractivity contribution is -0.137. The number of carbonyl (C=O) groups excluding carboxylic acids is 1. The Morgan fingerprint density at radius 1 is 1.28 bits per heavy atom. The van der Waals surface area contributed by atoms with Gasteiger partial charge in [0.05, 0.1) is 11.1 Å². The molecule has 4 atom stereocenters. The van der Waals surface area contributed by atoms with Crippen LogP contribution in [0.2, 0.25) is 5.02 Å². The molecule has 2 aromatic rings. The van der Waals surface area contributed by atoms with Gasteiger partial charge in [0.15, 0.2) is 5.78 Å². The molecular formula is C25H29ClO5S. The second-order valence-corrected chi connectivity index (χ2v) is 9.76. The number of aliphatic hydroxyl groups excluding tert-OH is 2. The zero-order valence-corrected chi connectivity index (χ0v) is 19.4. The van der Waals surface area contributed by atoms with Gasteiger partial charge in [-0.2, -0.15) is 0 Å². The Labute approximate surface area is 197 Å². The highest BCUT2D eigenvalue weighted by Crippen LogP contribution is 2.36. The standard InChI is InChI=1S/C25H29ClO5S/c26-24-19-8-5-6-9-21(19)32-22(24)14-13-17(27)12-11-16-15-20(28)25(31)18(16)7-3-1-2-4-10-23(29)30/h1,3,5-6,8-9,11-12,16-18,20,27-28H,2,4,7,10,13-15H2,(H,29,30)/b3-1-,12-11+/t16-,17?,18+,20?/m0/s1. The Bertz CT molecular complexity index is 995. The third-order valence-corrected chi connectivity index (χ3v) is 7.65. The lowest BCUT2D eigenvalue weighted by Gasteiger charge is -2.13. The number of aryl methyl sites for hydroxylation is 1. The van der Waals surface area contributed by atoms with Gasteiger partial charge in [0.1, 0.15) is 6.10 Å². The second kappa shape index (κ2) is 11.8. The maximum Gasteiger partial charge on any atom is 0.303 e. The zero-order chi connectivity index (χ0) is 23.1. The number of aliphatic carboxylic acids is 1. The van der Waals surface area contributed by atoms with Crippen molar-refractivity contribution in [2.24, 2.45) is 11.8 Å². The van der Waals surface area contributed by atoms with E-state index < -0.39 is 18.2 Å². The highest BCUT2D eigenvalue weighted by Gasteiger charge is 2.39. The molecule has 0 radical (unpaired) electrons. The van der Waals surface area contributed by atoms with Gasteiger partial charge >= 0.3 is 5.97 Å². The number of allylic oxidation sites excluding steroid dienone is 3. The van der Waals surface area contributed by atoms with E-state index in [9.17, 15) is 19.8 Å². The molecule has 172 valence electrons. The Hall–Kier alpha value is -1.99. The van der Waals surface area contributed by atoms with Gasteiger partial charge in [-0.1, -0.05) is 54.1 Å². The fourth-order valence-corrected chi connectivity index (χ4v) is 5.65. The summed E-state index contributed by atoms with van der Waals surface area (Å²) in [5.41, 5.74) is 0. The first-order valence-corrected chi connectivity index (χ1v) is 12.2. The number of ketones is 1. The first kappa shape index (κ1) is 24.6. The number of rotatable bonds is 11. The third-order valence-electron chi connectivity index (χ3n) is 5.87. The van der Waals surface area contributed by atoms with Crippen molar-refractivity contribution >= 4 is 44.8 Å². The van der Waals surface area contributed by atoms with Gasteiger partial charge in [-0.05, 0) is 50.5 Å². The topological polar surface area (TPSA) is 94.8 Å². The molecule has 0 aliphatic heterocycles. The molecule has 7 heteroatoms. The SMILES string of the molecule is O=C(O)CCC/C=C\C[C@H]1C(=O)C(O)C[C@@H]1/C=C/C(O)CCc1sc2ccccc2c1Cl. The molecule has 0 spiro atoms. The number of benzene rings is 1. The van der Waals surface area contributed by atoms with Gasteiger partial charge in [0.25, 0.3) is 0 Å². The molecule has 1 fully saturated rings. The van der Waals surface area contributed by atoms with Crippen molar-refractivity contribution in [2.75, 3.05) is 0 Å². The van der Waals surface area contributed by atoms with E-state index in [-0.39, 0.29) is 24.0 Å². The number of thiophene rings is 1. The van der Waals surface area contributed by atoms with Crippen LogP contribution in [0, 0.1) is 11.8 Å². The second-order valence-electron chi connectivity index (χ2n) is 8.24. The summed E-state index contributed by atoms with van der Waals surface area (Å²) in [6.45, 7) is 0. The molecule has 0 bridgehead atoms. The van der Waals surface area contributed by atoms with Crippen molar-refractivity contribution in [1.82, 2.24) is 0 Å². The molecule has 1 heterocycles. The summed E-state index contributed by atoms with van der Waals surface area (Å²) < 4.78 is 1.13. The molecule has 3 N–H and O–H groups in total. The molecule has 1 aromatic carbocycles. The van der Waals surface area contributed by atoms with Crippen LogP contribution < -0.4 is 0 Å². The quantitative estimate of drug-likeness (QED) is 0.307. The van der Waals surface area contributed by atoms with Crippen LogP contribution >= 0.6 is 22.9 Å². The molecule has 32 heavy (non-hydrogen) atoms. The molecule has 5 nitrogen and oxygen atoms in total. The van der Waals surface area contributed by atoms with Crippen molar-refractivity contribution < 1.29 is 24.9 Å². The number of unbranched alkanes of at least 4 members (excludes halogenated alkanes) is 1. The summed E-state index contributed by atoms with van der Waals surface area (Å²) in [5.74, 6) is -1.42. The summed E-state index contributed by atoms with van der Waals surface area (Å²) in [5, 5.41) is 30.9. The average molecular weight is 477 g/mol. The van der Waals surface area contributed by atoms with Crippen LogP contribution in [0.15, 0.2) is 48.6 Å². The fourth-order valence-electron chi connectivity index (χ4n) is 4.10. The van der Waals surface area contributed by atoms with Crippen LogP contribution in [-0.4, -0.2) is 39.3 Å². The Morgan fingerprint density at radius 2 is 2.06 bits per heavy atom. The molecule has 3 rings (SSSR count). The molecule has 0 saturated heterocycles. The number of carboxylic acid groups (broad SMARTS) is 1. The predicted octanol–water partition coefficient (Wildman–Crippen LogP) is 5.17. The van der Waals surface area contributed by atoms with E-state index in [0.717, 1.165) is 20.0 Å². The number of halogens is 1. The minimum Gasteiger partial charge on any atom is -0.481 e. The van der Waals surface area contributed by atoms with Gasteiger partial charge in [0.2, 0.25) is 0 Å². The number of hydrogen-bond acceptors (Lipinski definition) is 5. The molecular weight excluding hydrogens is 448 g/mol. The van der Waals surface area contributed by atoms with Gasteiger partial charge in [-0.15, -0.1) is 11.3 Å². The fraction of sp³-hybridized carbons (Fsp3) is 0.440. The first-order chi connectivity index (χ1) is 15.4. The molecule has 1 aliphatic rings. The number of hydrogen-bond donors (Lipinski definition) is 3. The van der Waals surface area contributed by atoms with Gasteiger partial charge in [-0.25, -0.2) is 0 Å². The van der Waals surface area contributed by atoms with E-state index in [4.69, 9.17) is 16.7 Å². The largest absolute Gasteiger partial charge is 0.481 e. The number of carbonyl (C=O) groups is 2. The number of carboxylic acids is 1. The molecule has 1 aromatic heterocycles. The van der Waals surface area contributed by atoms with Crippen molar-refractivity contribution in [3.8, 4) is 0 Å². The molecule has 1 aliphatic carbocycles. The van der Waals surface area contributed by atoms with E-state index in [2.05, 4.69) is 0 Å². The number of aliphatic hydroxyl groups is 2. The van der Waals surface area contributed by atoms with Gasteiger partial charge < -0.3 is 15.3 Å². The number of fused-ring (bicyclic) bond motifs is 1. The Morgan fingerprint density at radius 3 is 2.81 bits per heavy atom. The number of Topliss-reactive ketones (excluding diaryl/α,β-unsaturated/α-hetero) is 1. The van der Waals surface area contributed by atoms with E-state index in [1.54, 1.807) is 17.4 Å². The summed E-state index contributed by atoms with van der Waals surface area (Å²) >= 11 is 8.12. The lowest BCUT2D eigenvalue weighted by atomic mass is 9.91. The van der Waals surface area contributed by atoms with Crippen molar-refractivity contribution in [2.45, 2.75) is 57.2 Å². The lowest BCUT2D eigenvalue weighted by Crippen LogP contribution is -2.19. The molecule has 0 amide bonds. The van der Waals surface area contributed by atoms with Crippen LogP contribution in [0.1, 0.15) is 43.4 Å². The molecule has 1 saturated carbocycles. The van der Waals surface area contributed by atoms with E-state index in [0.29, 0.717) is 38.5 Å². The smallest absolute Gasteiger partial charge is 0.303 e. The summed E-state index contributed by atoms with van der Waals surface area (Å²) in [6.07, 6.45) is 9.14. The van der Waals surface area contributed by atoms with Crippen molar-refractivity contribution in [1.29, 1.82) is 0 Å². The van der Waals surface area contributed by atoms with E-state index in [1.807, 2.05) is 42.5 Å². The van der Waals surface area contributed by atoms with E-state index in [1.165, 1.54) is 0 Å². The van der Waals surface area contributed by atoms with Gasteiger partial charge in [-0.3, -0.25) is 9.59 Å². The minimum atomic E-state index is -0.968. The zero-order valence-electron chi connectivity index (χ0n) is 17.8. The summed E-state index contributed by atoms with van der Waals surface area (Å²) in [6, 6.07) is 7.98. The van der Waals surface area contributed by atoms with Crippen LogP contribution in [0.3, 0.4) is 0 Å². The third kappa shape index (κ3) is 6.51. The predicted molar refractivity (Wildman–Crippen MR) is 128 cm³/mol. The minimum absolute atomic E-state index is 0.122. The highest BCUT2D eigenvalue weighted by molar-refractivity contribution is 7.19. The normalized spacial score (nSPS) is 22.5. The first-order valence-electron chi connectivity index (χ1n) is 11.0. The molecule has 2 unspecified atom stereocenters. The van der Waals surface area contributed by atoms with Crippen molar-refractivity contribution in [3.05, 3.63) is 58.5 Å². The monoisotopic (exact) mass is 476 g/mol. The van der Waals surface area contributed by atoms with Crippen LogP contribution in [0.4, 0.5) is 0 Å². The Kier molecular flexibility index (Phi) is 9.05. The maximum atomic E-state index is 12.3. The summed E-state index contributed by atoms with van der Waals surface area (Å²) in [7, 11) is 0. The Balaban J connectivity index is 1.52. The average Bonchev–Trinajstić information content (AvgIpc) is 3.23. The van der Waals surface area contributed by atoms with Gasteiger partial charge in [0, 0.05) is 27.3 Å².